The zero-order valence-corrected chi connectivity index (χ0v) is 23.2. The number of sulfonamides is 1. The Balaban J connectivity index is 1.60. The third kappa shape index (κ3) is 6.61. The van der Waals surface area contributed by atoms with E-state index in [1.165, 1.54) is 17.0 Å². The number of ether oxygens (including phenoxy) is 1. The molecule has 0 spiro atoms. The van der Waals surface area contributed by atoms with Crippen LogP contribution in [0.1, 0.15) is 24.2 Å². The number of urea groups is 1. The van der Waals surface area contributed by atoms with Crippen LogP contribution in [-0.2, 0) is 10.0 Å². The normalized spacial score (nSPS) is 18.4. The van der Waals surface area contributed by atoms with Crippen LogP contribution in [-0.4, -0.2) is 80.4 Å². The van der Waals surface area contributed by atoms with E-state index < -0.39 is 22.2 Å². The molecule has 3 N–H and O–H groups in total. The van der Waals surface area contributed by atoms with Gasteiger partial charge in [0.15, 0.2) is 0 Å². The maximum atomic E-state index is 13.5. The summed E-state index contributed by atoms with van der Waals surface area (Å²) in [7, 11) is -1.89. The smallest absolute Gasteiger partial charge is 0.321 e. The zero-order chi connectivity index (χ0) is 28.3. The molecule has 3 atom stereocenters. The lowest BCUT2D eigenvalue weighted by Gasteiger charge is -2.38. The topological polar surface area (TPSA) is 128 Å². The lowest BCUT2D eigenvalue weighted by Crippen LogP contribution is -2.50. The Kier molecular flexibility index (Phi) is 8.31. The quantitative estimate of drug-likeness (QED) is 0.410. The first-order valence-electron chi connectivity index (χ1n) is 12.7. The van der Waals surface area contributed by atoms with Crippen LogP contribution in [0, 0.1) is 5.92 Å². The van der Waals surface area contributed by atoms with Crippen molar-refractivity contribution >= 4 is 44.1 Å². The molecular weight excluding hydrogens is 520 g/mol. The van der Waals surface area contributed by atoms with Crippen molar-refractivity contribution in [2.75, 3.05) is 43.0 Å². The van der Waals surface area contributed by atoms with Crippen molar-refractivity contribution in [2.45, 2.75) is 26.0 Å². The summed E-state index contributed by atoms with van der Waals surface area (Å²) in [6, 6.07) is 17.2. The number of amides is 3. The summed E-state index contributed by atoms with van der Waals surface area (Å²) in [4.78, 5) is 29.8. The molecule has 0 saturated heterocycles. The summed E-state index contributed by atoms with van der Waals surface area (Å²) in [5, 5.41) is 14.7. The van der Waals surface area contributed by atoms with Crippen LogP contribution < -0.4 is 14.8 Å². The predicted octanol–water partition coefficient (Wildman–Crippen LogP) is 3.60. The molecular formula is C28H34N4O6S. The minimum atomic E-state index is -3.56. The van der Waals surface area contributed by atoms with Crippen LogP contribution in [0.2, 0.25) is 0 Å². The van der Waals surface area contributed by atoms with E-state index in [1.807, 2.05) is 49.4 Å². The molecule has 0 aromatic heterocycles. The number of fused-ring (bicyclic) bond motifs is 2. The van der Waals surface area contributed by atoms with Gasteiger partial charge in [-0.25, -0.2) is 13.2 Å². The number of aliphatic hydroxyl groups excluding tert-OH is 1. The Morgan fingerprint density at radius 1 is 1.18 bits per heavy atom. The van der Waals surface area contributed by atoms with Gasteiger partial charge in [0.2, 0.25) is 10.0 Å². The molecule has 3 aromatic rings. The summed E-state index contributed by atoms with van der Waals surface area (Å²) in [5.41, 5.74) is 1.09. The van der Waals surface area contributed by atoms with Crippen molar-refractivity contribution in [3.05, 3.63) is 66.2 Å². The van der Waals surface area contributed by atoms with Crippen molar-refractivity contribution in [3.8, 4) is 5.75 Å². The Morgan fingerprint density at radius 2 is 1.90 bits per heavy atom. The van der Waals surface area contributed by atoms with Crippen LogP contribution in [0.3, 0.4) is 0 Å². The lowest BCUT2D eigenvalue weighted by atomic mass is 9.99. The summed E-state index contributed by atoms with van der Waals surface area (Å²) in [6.07, 6.45) is 0.529. The van der Waals surface area contributed by atoms with Gasteiger partial charge in [0, 0.05) is 30.6 Å². The summed E-state index contributed by atoms with van der Waals surface area (Å²) >= 11 is 0. The van der Waals surface area contributed by atoms with E-state index in [4.69, 9.17) is 4.74 Å². The second-order valence-electron chi connectivity index (χ2n) is 10.0. The highest BCUT2D eigenvalue weighted by Gasteiger charge is 2.34. The van der Waals surface area contributed by atoms with E-state index >= 15 is 0 Å². The molecule has 10 nitrogen and oxygen atoms in total. The van der Waals surface area contributed by atoms with Gasteiger partial charge in [0.25, 0.3) is 5.91 Å². The Hall–Kier alpha value is -3.83. The van der Waals surface area contributed by atoms with Gasteiger partial charge < -0.3 is 25.0 Å². The van der Waals surface area contributed by atoms with E-state index in [0.717, 1.165) is 17.0 Å². The van der Waals surface area contributed by atoms with Gasteiger partial charge in [-0.3, -0.25) is 9.52 Å². The van der Waals surface area contributed by atoms with Crippen molar-refractivity contribution in [1.82, 2.24) is 9.80 Å². The van der Waals surface area contributed by atoms with E-state index in [2.05, 4.69) is 10.0 Å². The SMILES string of the molecule is C[C@H](CO)N1C[C@H](C)[C@@H](CN(C)C(=O)Nc2cccc3ccccc23)Oc2ccc(NS(C)(=O)=O)cc2C1=O. The fourth-order valence-corrected chi connectivity index (χ4v) is 5.17. The summed E-state index contributed by atoms with van der Waals surface area (Å²) in [5.74, 6) is -0.303. The third-order valence-corrected chi connectivity index (χ3v) is 7.41. The number of rotatable bonds is 7. The van der Waals surface area contributed by atoms with Gasteiger partial charge in [-0.15, -0.1) is 0 Å². The summed E-state index contributed by atoms with van der Waals surface area (Å²) < 4.78 is 32.2. The second-order valence-corrected chi connectivity index (χ2v) is 11.8. The molecule has 3 amide bonds. The van der Waals surface area contributed by atoms with Crippen LogP contribution >= 0.6 is 0 Å². The predicted molar refractivity (Wildman–Crippen MR) is 152 cm³/mol. The van der Waals surface area contributed by atoms with Crippen LogP contribution in [0.25, 0.3) is 10.8 Å². The van der Waals surface area contributed by atoms with E-state index in [1.54, 1.807) is 24.9 Å². The average Bonchev–Trinajstić information content (AvgIpc) is 2.89. The molecule has 208 valence electrons. The molecule has 1 aliphatic heterocycles. The van der Waals surface area contributed by atoms with Crippen molar-refractivity contribution < 1.29 is 27.9 Å². The van der Waals surface area contributed by atoms with Crippen LogP contribution in [0.5, 0.6) is 5.75 Å². The van der Waals surface area contributed by atoms with Crippen LogP contribution in [0.15, 0.2) is 60.7 Å². The number of nitrogens with zero attached hydrogens (tertiary/aromatic N) is 2. The van der Waals surface area contributed by atoms with Gasteiger partial charge in [0.05, 0.1) is 36.7 Å². The lowest BCUT2D eigenvalue weighted by molar-refractivity contribution is 0.0371. The number of hydrogen-bond acceptors (Lipinski definition) is 6. The van der Waals surface area contributed by atoms with E-state index in [-0.39, 0.29) is 54.6 Å². The Bertz CT molecular complexity index is 1470. The summed E-state index contributed by atoms with van der Waals surface area (Å²) in [6.45, 7) is 3.91. The fraction of sp³-hybridized carbons (Fsp3) is 0.357. The van der Waals surface area contributed by atoms with Crippen molar-refractivity contribution in [3.63, 3.8) is 0 Å². The molecule has 11 heteroatoms. The average molecular weight is 555 g/mol. The molecule has 1 heterocycles. The second kappa shape index (κ2) is 11.5. The molecule has 3 aromatic carbocycles. The number of carbonyl (C=O) groups excluding carboxylic acids is 2. The zero-order valence-electron chi connectivity index (χ0n) is 22.4. The van der Waals surface area contributed by atoms with Gasteiger partial charge in [-0.1, -0.05) is 43.3 Å². The largest absolute Gasteiger partial charge is 0.487 e. The number of benzene rings is 3. The Labute approximate surface area is 228 Å². The van der Waals surface area contributed by atoms with Crippen molar-refractivity contribution in [2.24, 2.45) is 5.92 Å². The maximum absolute atomic E-state index is 13.5. The highest BCUT2D eigenvalue weighted by Crippen LogP contribution is 2.31. The number of hydrogen-bond donors (Lipinski definition) is 3. The van der Waals surface area contributed by atoms with Gasteiger partial charge in [0.1, 0.15) is 11.9 Å². The monoisotopic (exact) mass is 554 g/mol. The molecule has 0 saturated carbocycles. The number of aliphatic hydroxyl groups is 1. The molecule has 0 unspecified atom stereocenters. The van der Waals surface area contributed by atoms with Crippen LogP contribution in [0.4, 0.5) is 16.2 Å². The molecule has 1 aliphatic rings. The highest BCUT2D eigenvalue weighted by molar-refractivity contribution is 7.92. The number of carbonyl (C=O) groups is 2. The first-order valence-corrected chi connectivity index (χ1v) is 14.6. The molecule has 39 heavy (non-hydrogen) atoms. The molecule has 0 aliphatic carbocycles. The number of nitrogens with one attached hydrogen (secondary N) is 2. The Morgan fingerprint density at radius 3 is 2.62 bits per heavy atom. The molecule has 0 radical (unpaired) electrons. The third-order valence-electron chi connectivity index (χ3n) is 6.80. The van der Waals surface area contributed by atoms with E-state index in [0.29, 0.717) is 5.69 Å². The van der Waals surface area contributed by atoms with Gasteiger partial charge >= 0.3 is 6.03 Å². The molecule has 4 rings (SSSR count). The molecule has 0 fully saturated rings. The van der Waals surface area contributed by atoms with Gasteiger partial charge in [-0.2, -0.15) is 0 Å². The standard InChI is InChI=1S/C28H34N4O6S/c1-18-15-32(19(2)17-33)27(34)23-14-21(30-39(4,36)37)12-13-25(23)38-26(18)16-31(3)28(35)29-24-11-7-9-20-8-5-6-10-22(20)24/h5-14,18-19,26,30,33H,15-17H2,1-4H3,(H,29,35)/t18-,19+,26+/m0/s1. The number of anilines is 2. The minimum absolute atomic E-state index is 0.170. The van der Waals surface area contributed by atoms with Gasteiger partial charge in [-0.05, 0) is 36.6 Å². The van der Waals surface area contributed by atoms with E-state index in [9.17, 15) is 23.1 Å². The minimum Gasteiger partial charge on any atom is -0.487 e. The fourth-order valence-electron chi connectivity index (χ4n) is 4.62. The van der Waals surface area contributed by atoms with Crippen molar-refractivity contribution in [1.29, 1.82) is 0 Å². The molecule has 0 bridgehead atoms. The number of likely N-dealkylation sites (N-methyl/N-ethyl adjacent to an activating group) is 1. The maximum Gasteiger partial charge on any atom is 0.321 e. The highest BCUT2D eigenvalue weighted by atomic mass is 32.2. The first kappa shape index (κ1) is 28.2. The first-order chi connectivity index (χ1) is 18.5.